The van der Waals surface area contributed by atoms with Crippen molar-refractivity contribution in [3.05, 3.63) is 93.7 Å². The van der Waals surface area contributed by atoms with Crippen LogP contribution in [0.15, 0.2) is 82.2 Å². The van der Waals surface area contributed by atoms with Crippen LogP contribution in [0.3, 0.4) is 0 Å². The molecule has 164 valence electrons. The van der Waals surface area contributed by atoms with E-state index in [2.05, 4.69) is 26.0 Å². The Labute approximate surface area is 194 Å². The van der Waals surface area contributed by atoms with Crippen molar-refractivity contribution in [1.82, 2.24) is 4.72 Å². The molecule has 0 unspecified atom stereocenters. The lowest BCUT2D eigenvalue weighted by molar-refractivity contribution is 0.107. The fourth-order valence-corrected chi connectivity index (χ4v) is 4.77. The first kappa shape index (κ1) is 23.7. The summed E-state index contributed by atoms with van der Waals surface area (Å²) in [6.07, 6.45) is 0. The van der Waals surface area contributed by atoms with Crippen LogP contribution in [0, 0.1) is 5.82 Å². The van der Waals surface area contributed by atoms with Crippen LogP contribution >= 0.6 is 27.5 Å². The smallest absolute Gasteiger partial charge is 0.243 e. The zero-order valence-corrected chi connectivity index (χ0v) is 19.6. The van der Waals surface area contributed by atoms with Gasteiger partial charge in [0.05, 0.1) is 24.3 Å². The van der Waals surface area contributed by atoms with E-state index in [0.717, 1.165) is 23.4 Å². The topological polar surface area (TPSA) is 67.4 Å². The van der Waals surface area contributed by atoms with E-state index in [1.54, 1.807) is 0 Å². The van der Waals surface area contributed by atoms with Gasteiger partial charge in [-0.1, -0.05) is 60.1 Å². The highest BCUT2D eigenvalue weighted by atomic mass is 79.9. The van der Waals surface area contributed by atoms with Gasteiger partial charge in [0.2, 0.25) is 10.0 Å². The Morgan fingerprint density at radius 1 is 1.03 bits per heavy atom. The molecular weight excluding hydrogens is 507 g/mol. The minimum Gasteiger partial charge on any atom is -0.383 e. The van der Waals surface area contributed by atoms with Gasteiger partial charge in [-0.15, -0.1) is 0 Å². The summed E-state index contributed by atoms with van der Waals surface area (Å²) in [5.74, 6) is -0.930. The van der Waals surface area contributed by atoms with Crippen molar-refractivity contribution in [3.63, 3.8) is 0 Å². The molecule has 0 fully saturated rings. The van der Waals surface area contributed by atoms with E-state index in [1.807, 2.05) is 60.7 Å². The Hall–Kier alpha value is -1.97. The average molecular weight is 528 g/mol. The highest BCUT2D eigenvalue weighted by Gasteiger charge is 2.25. The van der Waals surface area contributed by atoms with Gasteiger partial charge in [-0.3, -0.25) is 0 Å². The van der Waals surface area contributed by atoms with Gasteiger partial charge in [0.1, 0.15) is 10.7 Å². The molecule has 0 amide bonds. The summed E-state index contributed by atoms with van der Waals surface area (Å²) < 4.78 is 48.6. The Balaban J connectivity index is 1.73. The molecule has 9 heteroatoms. The molecular formula is C22H21BrClFN2O3S. The van der Waals surface area contributed by atoms with Crippen LogP contribution in [0.1, 0.15) is 5.56 Å². The van der Waals surface area contributed by atoms with E-state index >= 15 is 0 Å². The van der Waals surface area contributed by atoms with Crippen LogP contribution in [-0.4, -0.2) is 27.6 Å². The number of benzene rings is 3. The number of halogens is 3. The van der Waals surface area contributed by atoms with Gasteiger partial charge < -0.3 is 10.1 Å². The zero-order chi connectivity index (χ0) is 22.3. The van der Waals surface area contributed by atoms with Crippen LogP contribution in [0.4, 0.5) is 10.1 Å². The summed E-state index contributed by atoms with van der Waals surface area (Å²) in [5, 5.41) is 3.26. The van der Waals surface area contributed by atoms with Gasteiger partial charge >= 0.3 is 0 Å². The maximum Gasteiger partial charge on any atom is 0.243 e. The second-order valence-electron chi connectivity index (χ2n) is 6.76. The molecule has 0 radical (unpaired) electrons. The molecule has 0 bridgehead atoms. The van der Waals surface area contributed by atoms with E-state index in [1.165, 1.54) is 0 Å². The lowest BCUT2D eigenvalue weighted by Crippen LogP contribution is -2.43. The molecule has 0 heterocycles. The van der Waals surface area contributed by atoms with Crippen molar-refractivity contribution < 1.29 is 17.5 Å². The third kappa shape index (κ3) is 7.02. The number of nitrogens with one attached hydrogen (secondary N) is 2. The molecule has 31 heavy (non-hydrogen) atoms. The van der Waals surface area contributed by atoms with Crippen molar-refractivity contribution >= 4 is 43.2 Å². The number of hydrogen-bond acceptors (Lipinski definition) is 4. The summed E-state index contributed by atoms with van der Waals surface area (Å²) in [4.78, 5) is -0.489. The van der Waals surface area contributed by atoms with Crippen LogP contribution < -0.4 is 10.0 Å². The first-order valence-electron chi connectivity index (χ1n) is 9.42. The van der Waals surface area contributed by atoms with Crippen molar-refractivity contribution in [1.29, 1.82) is 0 Å². The molecule has 0 saturated heterocycles. The summed E-state index contributed by atoms with van der Waals surface area (Å²) >= 11 is 8.99. The third-order valence-electron chi connectivity index (χ3n) is 4.34. The average Bonchev–Trinajstić information content (AvgIpc) is 2.75. The molecule has 1 atom stereocenters. The van der Waals surface area contributed by atoms with E-state index in [-0.39, 0.29) is 22.6 Å². The molecule has 0 aliphatic rings. The van der Waals surface area contributed by atoms with Gasteiger partial charge in [0.25, 0.3) is 0 Å². The number of rotatable bonds is 10. The van der Waals surface area contributed by atoms with E-state index in [4.69, 9.17) is 16.3 Å². The number of anilines is 1. The molecule has 3 rings (SSSR count). The highest BCUT2D eigenvalue weighted by molar-refractivity contribution is 9.10. The summed E-state index contributed by atoms with van der Waals surface area (Å²) in [5.41, 5.74) is 1.79. The summed E-state index contributed by atoms with van der Waals surface area (Å²) in [6, 6.07) is 20.4. The molecule has 0 spiro atoms. The van der Waals surface area contributed by atoms with Crippen LogP contribution in [0.5, 0.6) is 0 Å². The highest BCUT2D eigenvalue weighted by Crippen LogP contribution is 2.28. The first-order valence-corrected chi connectivity index (χ1v) is 12.1. The Morgan fingerprint density at radius 3 is 2.35 bits per heavy atom. The van der Waals surface area contributed by atoms with Crippen molar-refractivity contribution in [2.45, 2.75) is 17.5 Å². The van der Waals surface area contributed by atoms with Gasteiger partial charge in [-0.2, -0.15) is 0 Å². The standard InChI is InChI=1S/C22H21BrClFN2O3S/c23-19-11-22(21(25)12-20(19)24)31(28,29)27-18(13-26-17-9-5-2-6-10-17)15-30-14-16-7-3-1-4-8-16/h1-12,18,26-27H,13-15H2/t18-/m0/s1. The minimum atomic E-state index is -4.16. The molecule has 0 aromatic heterocycles. The third-order valence-corrected chi connectivity index (χ3v) is 7.08. The number of sulfonamides is 1. The zero-order valence-electron chi connectivity index (χ0n) is 16.4. The maximum absolute atomic E-state index is 14.3. The molecule has 2 N–H and O–H groups in total. The predicted molar refractivity (Wildman–Crippen MR) is 124 cm³/mol. The Bertz CT molecular complexity index is 1100. The van der Waals surface area contributed by atoms with Gasteiger partial charge in [-0.25, -0.2) is 17.5 Å². The Kier molecular flexibility index (Phi) is 8.45. The van der Waals surface area contributed by atoms with Crippen LogP contribution in [0.2, 0.25) is 5.02 Å². The number of para-hydroxylation sites is 1. The fourth-order valence-electron chi connectivity index (χ4n) is 2.82. The quantitative estimate of drug-likeness (QED) is 0.355. The summed E-state index contributed by atoms with van der Waals surface area (Å²) in [6.45, 7) is 0.657. The lowest BCUT2D eigenvalue weighted by atomic mass is 10.2. The first-order chi connectivity index (χ1) is 14.8. The van der Waals surface area contributed by atoms with E-state index in [0.29, 0.717) is 6.61 Å². The van der Waals surface area contributed by atoms with Gasteiger partial charge in [-0.05, 0) is 45.8 Å². The SMILES string of the molecule is O=S(=O)(N[C@@H](CNc1ccccc1)COCc1ccccc1)c1cc(Br)c(Cl)cc1F. The fraction of sp³-hybridized carbons (Fsp3) is 0.182. The van der Waals surface area contributed by atoms with Crippen molar-refractivity contribution in [3.8, 4) is 0 Å². The normalized spacial score (nSPS) is 12.5. The maximum atomic E-state index is 14.3. The lowest BCUT2D eigenvalue weighted by Gasteiger charge is -2.20. The van der Waals surface area contributed by atoms with Crippen LogP contribution in [-0.2, 0) is 21.4 Å². The van der Waals surface area contributed by atoms with Gasteiger partial charge in [0.15, 0.2) is 0 Å². The predicted octanol–water partition coefficient (Wildman–Crippen LogP) is 5.22. The molecule has 0 aliphatic heterocycles. The minimum absolute atomic E-state index is 0.0876. The second-order valence-corrected chi connectivity index (χ2v) is 9.71. The molecule has 0 saturated carbocycles. The molecule has 5 nitrogen and oxygen atoms in total. The molecule has 3 aromatic carbocycles. The van der Waals surface area contributed by atoms with Crippen molar-refractivity contribution in [2.24, 2.45) is 0 Å². The molecule has 3 aromatic rings. The van der Waals surface area contributed by atoms with Crippen LogP contribution in [0.25, 0.3) is 0 Å². The Morgan fingerprint density at radius 2 is 1.68 bits per heavy atom. The second kappa shape index (κ2) is 11.1. The monoisotopic (exact) mass is 526 g/mol. The summed E-state index contributed by atoms with van der Waals surface area (Å²) in [7, 11) is -4.16. The van der Waals surface area contributed by atoms with Gasteiger partial charge in [0, 0.05) is 16.7 Å². The largest absolute Gasteiger partial charge is 0.383 e. The van der Waals surface area contributed by atoms with E-state index < -0.39 is 26.8 Å². The van der Waals surface area contributed by atoms with Crippen molar-refractivity contribution in [2.75, 3.05) is 18.5 Å². The molecule has 0 aliphatic carbocycles. The number of ether oxygens (including phenoxy) is 1. The number of hydrogen-bond donors (Lipinski definition) is 2. The van der Waals surface area contributed by atoms with E-state index in [9.17, 15) is 12.8 Å².